The molecule has 0 fully saturated rings. The first kappa shape index (κ1) is 12.7. The smallest absolute Gasteiger partial charge is 0.199 e. The van der Waals surface area contributed by atoms with Gasteiger partial charge in [-0.3, -0.25) is 4.68 Å². The number of aryl methyl sites for hydroxylation is 1. The zero-order chi connectivity index (χ0) is 13.0. The van der Waals surface area contributed by atoms with E-state index >= 15 is 0 Å². The van der Waals surface area contributed by atoms with Crippen LogP contribution >= 0.6 is 0 Å². The van der Waals surface area contributed by atoms with E-state index in [9.17, 15) is 12.8 Å². The minimum Gasteiger partial charge on any atom is -0.270 e. The van der Waals surface area contributed by atoms with Gasteiger partial charge in [0.2, 0.25) is 0 Å². The molecule has 0 amide bonds. The SMILES string of the molecule is O=S(=O)(Cc1cnn(CCF)c1)c1ccccn1. The van der Waals surface area contributed by atoms with Crippen molar-refractivity contribution >= 4 is 9.84 Å². The molecule has 7 heteroatoms. The summed E-state index contributed by atoms with van der Waals surface area (Å²) in [4.78, 5) is 3.81. The first-order valence-electron chi connectivity index (χ1n) is 5.33. The van der Waals surface area contributed by atoms with E-state index in [1.807, 2.05) is 0 Å². The van der Waals surface area contributed by atoms with Gasteiger partial charge in [-0.15, -0.1) is 0 Å². The zero-order valence-electron chi connectivity index (χ0n) is 9.53. The quantitative estimate of drug-likeness (QED) is 0.818. The van der Waals surface area contributed by atoms with Crippen LogP contribution in [-0.2, 0) is 22.1 Å². The average molecular weight is 269 g/mol. The Hall–Kier alpha value is -1.76. The van der Waals surface area contributed by atoms with Gasteiger partial charge >= 0.3 is 0 Å². The third-order valence-corrected chi connectivity index (χ3v) is 3.91. The number of alkyl halides is 1. The Labute approximate surface area is 104 Å². The first-order valence-corrected chi connectivity index (χ1v) is 6.98. The van der Waals surface area contributed by atoms with Crippen molar-refractivity contribution < 1.29 is 12.8 Å². The summed E-state index contributed by atoms with van der Waals surface area (Å²) in [6.07, 6.45) is 4.38. The molecule has 2 aromatic heterocycles. The van der Waals surface area contributed by atoms with E-state index < -0.39 is 16.5 Å². The molecule has 2 aromatic rings. The van der Waals surface area contributed by atoms with Gasteiger partial charge in [-0.1, -0.05) is 6.07 Å². The van der Waals surface area contributed by atoms with Gasteiger partial charge in [-0.2, -0.15) is 5.10 Å². The Balaban J connectivity index is 2.17. The van der Waals surface area contributed by atoms with Crippen LogP contribution in [0.25, 0.3) is 0 Å². The Morgan fingerprint density at radius 2 is 2.17 bits per heavy atom. The third-order valence-electron chi connectivity index (χ3n) is 2.31. The van der Waals surface area contributed by atoms with Gasteiger partial charge in [-0.05, 0) is 12.1 Å². The summed E-state index contributed by atoms with van der Waals surface area (Å²) < 4.78 is 37.5. The third kappa shape index (κ3) is 2.92. The van der Waals surface area contributed by atoms with E-state index in [0.717, 1.165) is 0 Å². The van der Waals surface area contributed by atoms with Crippen LogP contribution in [0.15, 0.2) is 41.8 Å². The summed E-state index contributed by atoms with van der Waals surface area (Å²) in [6.45, 7) is -0.405. The number of nitrogens with zero attached hydrogens (tertiary/aromatic N) is 3. The van der Waals surface area contributed by atoms with Crippen molar-refractivity contribution in [2.24, 2.45) is 0 Å². The Kier molecular flexibility index (Phi) is 3.71. The maximum absolute atomic E-state index is 12.1. The summed E-state index contributed by atoms with van der Waals surface area (Å²) in [5.74, 6) is -0.184. The number of aromatic nitrogens is 3. The molecule has 0 spiro atoms. The molecule has 2 heterocycles. The average Bonchev–Trinajstić information content (AvgIpc) is 2.77. The van der Waals surface area contributed by atoms with Crippen LogP contribution in [-0.4, -0.2) is 29.9 Å². The highest BCUT2D eigenvalue weighted by Crippen LogP contribution is 2.13. The molecule has 0 radical (unpaired) electrons. The lowest BCUT2D eigenvalue weighted by atomic mass is 10.4. The van der Waals surface area contributed by atoms with E-state index in [4.69, 9.17) is 0 Å². The van der Waals surface area contributed by atoms with Crippen molar-refractivity contribution in [3.63, 3.8) is 0 Å². The molecule has 0 aliphatic rings. The maximum Gasteiger partial charge on any atom is 0.199 e. The van der Waals surface area contributed by atoms with Crippen molar-refractivity contribution in [3.8, 4) is 0 Å². The number of sulfone groups is 1. The van der Waals surface area contributed by atoms with Crippen molar-refractivity contribution in [2.75, 3.05) is 6.67 Å². The normalized spacial score (nSPS) is 11.6. The fourth-order valence-electron chi connectivity index (χ4n) is 1.51. The molecular weight excluding hydrogens is 257 g/mol. The Bertz CT molecular complexity index is 610. The number of pyridine rings is 1. The minimum atomic E-state index is -3.47. The second-order valence-electron chi connectivity index (χ2n) is 3.73. The van der Waals surface area contributed by atoms with E-state index in [1.54, 1.807) is 12.1 Å². The summed E-state index contributed by atoms with van der Waals surface area (Å²) in [5.41, 5.74) is 0.522. The molecule has 2 rings (SSSR count). The van der Waals surface area contributed by atoms with Gasteiger partial charge in [0.15, 0.2) is 14.9 Å². The minimum absolute atomic E-state index is 0.0308. The van der Waals surface area contributed by atoms with Crippen LogP contribution in [0.3, 0.4) is 0 Å². The maximum atomic E-state index is 12.1. The fraction of sp³-hybridized carbons (Fsp3) is 0.273. The molecular formula is C11H12FN3O2S. The van der Waals surface area contributed by atoms with Crippen LogP contribution in [0.4, 0.5) is 4.39 Å². The molecule has 0 atom stereocenters. The van der Waals surface area contributed by atoms with Crippen LogP contribution in [0.2, 0.25) is 0 Å². The first-order chi connectivity index (χ1) is 8.62. The van der Waals surface area contributed by atoms with Crippen molar-refractivity contribution in [2.45, 2.75) is 17.3 Å². The molecule has 0 N–H and O–H groups in total. The van der Waals surface area contributed by atoms with Gasteiger partial charge in [0.1, 0.15) is 6.67 Å². The van der Waals surface area contributed by atoms with Crippen LogP contribution in [0.1, 0.15) is 5.56 Å². The van der Waals surface area contributed by atoms with E-state index in [1.165, 1.54) is 29.3 Å². The van der Waals surface area contributed by atoms with Gasteiger partial charge in [0.25, 0.3) is 0 Å². The number of hydrogen-bond donors (Lipinski definition) is 0. The molecule has 96 valence electrons. The molecule has 0 saturated heterocycles. The summed E-state index contributed by atoms with van der Waals surface area (Å²) in [5, 5.41) is 3.91. The highest BCUT2D eigenvalue weighted by Gasteiger charge is 2.17. The Morgan fingerprint density at radius 1 is 1.33 bits per heavy atom. The molecule has 0 aliphatic carbocycles. The van der Waals surface area contributed by atoms with E-state index in [2.05, 4.69) is 10.1 Å². The number of rotatable bonds is 5. The van der Waals surface area contributed by atoms with Crippen molar-refractivity contribution in [1.82, 2.24) is 14.8 Å². The van der Waals surface area contributed by atoms with Gasteiger partial charge in [-0.25, -0.2) is 17.8 Å². The predicted octanol–water partition coefficient (Wildman–Crippen LogP) is 1.22. The lowest BCUT2D eigenvalue weighted by molar-refractivity contribution is 0.427. The van der Waals surface area contributed by atoms with E-state index in [0.29, 0.717) is 5.56 Å². The van der Waals surface area contributed by atoms with Gasteiger partial charge in [0, 0.05) is 18.0 Å². The topological polar surface area (TPSA) is 64.8 Å². The standard InChI is InChI=1S/C11H12FN3O2S/c12-4-6-15-8-10(7-14-15)9-18(16,17)11-3-1-2-5-13-11/h1-3,5,7-8H,4,6,9H2. The van der Waals surface area contributed by atoms with Crippen molar-refractivity contribution in [1.29, 1.82) is 0 Å². The predicted molar refractivity (Wildman–Crippen MR) is 63.3 cm³/mol. The van der Waals surface area contributed by atoms with E-state index in [-0.39, 0.29) is 17.3 Å². The van der Waals surface area contributed by atoms with Crippen LogP contribution in [0, 0.1) is 0 Å². The molecule has 0 bridgehead atoms. The molecule has 0 aliphatic heterocycles. The lowest BCUT2D eigenvalue weighted by Gasteiger charge is -2.00. The second kappa shape index (κ2) is 5.26. The molecule has 0 aromatic carbocycles. The highest BCUT2D eigenvalue weighted by atomic mass is 32.2. The number of halogens is 1. The van der Waals surface area contributed by atoms with Crippen molar-refractivity contribution in [3.05, 3.63) is 42.4 Å². The molecule has 0 unspecified atom stereocenters. The lowest BCUT2D eigenvalue weighted by Crippen LogP contribution is -2.06. The number of hydrogen-bond acceptors (Lipinski definition) is 4. The zero-order valence-corrected chi connectivity index (χ0v) is 10.3. The summed E-state index contributed by atoms with van der Waals surface area (Å²) in [6, 6.07) is 4.71. The monoisotopic (exact) mass is 269 g/mol. The molecule has 18 heavy (non-hydrogen) atoms. The van der Waals surface area contributed by atoms with Gasteiger partial charge in [0.05, 0.1) is 18.5 Å². The Morgan fingerprint density at radius 3 is 2.83 bits per heavy atom. The molecule has 0 saturated carbocycles. The summed E-state index contributed by atoms with van der Waals surface area (Å²) >= 11 is 0. The van der Waals surface area contributed by atoms with Gasteiger partial charge < -0.3 is 0 Å². The summed E-state index contributed by atoms with van der Waals surface area (Å²) in [7, 11) is -3.47. The molecule has 5 nitrogen and oxygen atoms in total. The largest absolute Gasteiger partial charge is 0.270 e. The highest BCUT2D eigenvalue weighted by molar-refractivity contribution is 7.90. The van der Waals surface area contributed by atoms with Crippen LogP contribution in [0.5, 0.6) is 0 Å². The second-order valence-corrected chi connectivity index (χ2v) is 5.66. The fourth-order valence-corrected chi connectivity index (χ4v) is 2.76. The van der Waals surface area contributed by atoms with Crippen LogP contribution < -0.4 is 0 Å².